The van der Waals surface area contributed by atoms with Crippen molar-refractivity contribution in [1.82, 2.24) is 0 Å². The van der Waals surface area contributed by atoms with Crippen molar-refractivity contribution in [2.24, 2.45) is 4.99 Å². The maximum atomic E-state index is 4.62. The molecule has 0 radical (unpaired) electrons. The molecule has 0 N–H and O–H groups in total. The first-order valence-electron chi connectivity index (χ1n) is 10.5. The Hall–Kier alpha value is -1.89. The number of hydrogen-bond acceptors (Lipinski definition) is 1. The largest absolute Gasteiger partial charge is 0.256 e. The minimum atomic E-state index is 1.03. The number of benzene rings is 2. The first-order valence-corrected chi connectivity index (χ1v) is 10.5. The van der Waals surface area contributed by atoms with Crippen LogP contribution in [-0.4, -0.2) is 6.21 Å². The van der Waals surface area contributed by atoms with Crippen molar-refractivity contribution in [3.05, 3.63) is 65.2 Å². The Balaban J connectivity index is 1.79. The molecular weight excluding hydrogens is 314 g/mol. The number of rotatable bonds is 12. The van der Waals surface area contributed by atoms with Gasteiger partial charge in [-0.25, -0.2) is 0 Å². The second-order valence-corrected chi connectivity index (χ2v) is 7.29. The second kappa shape index (κ2) is 12.5. The third-order valence-electron chi connectivity index (χ3n) is 4.92. The molecule has 0 bridgehead atoms. The Kier molecular flexibility index (Phi) is 9.79. The molecular formula is C25H35N. The molecule has 0 amide bonds. The van der Waals surface area contributed by atoms with Crippen molar-refractivity contribution in [1.29, 1.82) is 0 Å². The van der Waals surface area contributed by atoms with Crippen LogP contribution in [0.15, 0.2) is 53.5 Å². The summed E-state index contributed by atoms with van der Waals surface area (Å²) in [6.07, 6.45) is 14.9. The van der Waals surface area contributed by atoms with Crippen LogP contribution in [0.5, 0.6) is 0 Å². The SMILES string of the molecule is CCCCCCc1ccc(C=Nc2ccc(CCCCCC)cc2)cc1. The number of aliphatic imine (C=N–C) groups is 1. The van der Waals surface area contributed by atoms with Gasteiger partial charge in [-0.1, -0.05) is 88.8 Å². The number of hydrogen-bond donors (Lipinski definition) is 0. The molecule has 1 nitrogen and oxygen atoms in total. The average molecular weight is 350 g/mol. The van der Waals surface area contributed by atoms with Gasteiger partial charge in [0.25, 0.3) is 0 Å². The standard InChI is InChI=1S/C25H35N/c1-3-5-7-9-11-22-13-15-24(16-14-22)21-26-25-19-17-23(18-20-25)12-10-8-6-4-2/h13-21H,3-12H2,1-2H3. The van der Waals surface area contributed by atoms with Gasteiger partial charge in [0.05, 0.1) is 5.69 Å². The lowest BCUT2D eigenvalue weighted by molar-refractivity contribution is 0.667. The van der Waals surface area contributed by atoms with Crippen LogP contribution in [0.2, 0.25) is 0 Å². The van der Waals surface area contributed by atoms with Crippen molar-refractivity contribution >= 4 is 11.9 Å². The van der Waals surface area contributed by atoms with Crippen LogP contribution in [0.1, 0.15) is 81.9 Å². The summed E-state index contributed by atoms with van der Waals surface area (Å²) in [6, 6.07) is 17.6. The molecule has 0 aliphatic carbocycles. The molecule has 0 heterocycles. The van der Waals surface area contributed by atoms with Gasteiger partial charge in [-0.05, 0) is 54.5 Å². The van der Waals surface area contributed by atoms with Crippen molar-refractivity contribution in [3.63, 3.8) is 0 Å². The molecule has 2 aromatic rings. The summed E-state index contributed by atoms with van der Waals surface area (Å²) in [5.74, 6) is 0. The number of aryl methyl sites for hydroxylation is 2. The highest BCUT2D eigenvalue weighted by atomic mass is 14.7. The van der Waals surface area contributed by atoms with Crippen LogP contribution < -0.4 is 0 Å². The Bertz CT molecular complexity index is 565. The Morgan fingerprint density at radius 3 is 1.62 bits per heavy atom. The molecule has 2 rings (SSSR count). The first kappa shape index (κ1) is 20.4. The van der Waals surface area contributed by atoms with Gasteiger partial charge in [0, 0.05) is 6.21 Å². The molecule has 0 saturated carbocycles. The van der Waals surface area contributed by atoms with Crippen molar-refractivity contribution in [3.8, 4) is 0 Å². The van der Waals surface area contributed by atoms with E-state index in [4.69, 9.17) is 0 Å². The zero-order chi connectivity index (χ0) is 18.5. The minimum absolute atomic E-state index is 1.03. The fraction of sp³-hybridized carbons (Fsp3) is 0.480. The Morgan fingerprint density at radius 2 is 1.12 bits per heavy atom. The molecule has 2 aromatic carbocycles. The third kappa shape index (κ3) is 7.99. The topological polar surface area (TPSA) is 12.4 Å². The first-order chi connectivity index (χ1) is 12.8. The lowest BCUT2D eigenvalue weighted by Gasteiger charge is -2.03. The van der Waals surface area contributed by atoms with Gasteiger partial charge in [0.2, 0.25) is 0 Å². The molecule has 1 heteroatoms. The monoisotopic (exact) mass is 349 g/mol. The minimum Gasteiger partial charge on any atom is -0.256 e. The zero-order valence-electron chi connectivity index (χ0n) is 16.7. The predicted octanol–water partition coefficient (Wildman–Crippen LogP) is 7.68. The molecule has 140 valence electrons. The van der Waals surface area contributed by atoms with E-state index in [1.807, 2.05) is 6.21 Å². The van der Waals surface area contributed by atoms with Crippen molar-refractivity contribution in [2.45, 2.75) is 78.1 Å². The van der Waals surface area contributed by atoms with Crippen molar-refractivity contribution < 1.29 is 0 Å². The molecule has 0 saturated heterocycles. The summed E-state index contributed by atoms with van der Waals surface area (Å²) in [5, 5.41) is 0. The molecule has 0 spiro atoms. The van der Waals surface area contributed by atoms with Crippen LogP contribution in [0.3, 0.4) is 0 Å². The highest BCUT2D eigenvalue weighted by molar-refractivity contribution is 5.81. The van der Waals surface area contributed by atoms with Crippen LogP contribution in [0.4, 0.5) is 5.69 Å². The smallest absolute Gasteiger partial charge is 0.0630 e. The molecule has 0 atom stereocenters. The lowest BCUT2D eigenvalue weighted by Crippen LogP contribution is -1.88. The van der Waals surface area contributed by atoms with E-state index >= 15 is 0 Å². The summed E-state index contributed by atoms with van der Waals surface area (Å²) >= 11 is 0. The number of unbranched alkanes of at least 4 members (excludes halogenated alkanes) is 6. The summed E-state index contributed by atoms with van der Waals surface area (Å²) in [5.41, 5.74) is 5.06. The van der Waals surface area contributed by atoms with Crippen LogP contribution >= 0.6 is 0 Å². The maximum absolute atomic E-state index is 4.62. The molecule has 0 aromatic heterocycles. The molecule has 0 unspecified atom stereocenters. The van der Waals surface area contributed by atoms with Gasteiger partial charge in [0.15, 0.2) is 0 Å². The van der Waals surface area contributed by atoms with Gasteiger partial charge in [-0.2, -0.15) is 0 Å². The molecule has 0 fully saturated rings. The summed E-state index contributed by atoms with van der Waals surface area (Å²) in [4.78, 5) is 4.62. The van der Waals surface area contributed by atoms with Gasteiger partial charge in [-0.15, -0.1) is 0 Å². The molecule has 26 heavy (non-hydrogen) atoms. The zero-order valence-corrected chi connectivity index (χ0v) is 16.7. The Morgan fingerprint density at radius 1 is 0.615 bits per heavy atom. The average Bonchev–Trinajstić information content (AvgIpc) is 2.69. The van der Waals surface area contributed by atoms with Gasteiger partial charge < -0.3 is 0 Å². The van der Waals surface area contributed by atoms with Gasteiger partial charge in [-0.3, -0.25) is 4.99 Å². The van der Waals surface area contributed by atoms with Crippen LogP contribution in [0.25, 0.3) is 0 Å². The van der Waals surface area contributed by atoms with Gasteiger partial charge in [0.1, 0.15) is 0 Å². The lowest BCUT2D eigenvalue weighted by atomic mass is 10.0. The third-order valence-corrected chi connectivity index (χ3v) is 4.92. The fourth-order valence-electron chi connectivity index (χ4n) is 3.18. The van der Waals surface area contributed by atoms with E-state index in [-0.39, 0.29) is 0 Å². The summed E-state index contributed by atoms with van der Waals surface area (Å²) in [6.45, 7) is 4.52. The normalized spacial score (nSPS) is 11.3. The van der Waals surface area contributed by atoms with E-state index in [0.717, 1.165) is 5.69 Å². The summed E-state index contributed by atoms with van der Waals surface area (Å²) in [7, 11) is 0. The van der Waals surface area contributed by atoms with Crippen LogP contribution in [0, 0.1) is 0 Å². The summed E-state index contributed by atoms with van der Waals surface area (Å²) < 4.78 is 0. The van der Waals surface area contributed by atoms with E-state index < -0.39 is 0 Å². The van der Waals surface area contributed by atoms with Crippen molar-refractivity contribution in [2.75, 3.05) is 0 Å². The number of nitrogens with zero attached hydrogens (tertiary/aromatic N) is 1. The second-order valence-electron chi connectivity index (χ2n) is 7.29. The predicted molar refractivity (Wildman–Crippen MR) is 116 cm³/mol. The highest BCUT2D eigenvalue weighted by Crippen LogP contribution is 2.16. The quantitative estimate of drug-likeness (QED) is 0.275. The fourth-order valence-corrected chi connectivity index (χ4v) is 3.18. The molecule has 0 aliphatic rings. The Labute approximate surface area is 160 Å². The van der Waals surface area contributed by atoms with E-state index in [0.29, 0.717) is 0 Å². The maximum Gasteiger partial charge on any atom is 0.0630 e. The highest BCUT2D eigenvalue weighted by Gasteiger charge is 1.96. The van der Waals surface area contributed by atoms with Crippen LogP contribution in [-0.2, 0) is 12.8 Å². The van der Waals surface area contributed by atoms with E-state index in [9.17, 15) is 0 Å². The van der Waals surface area contributed by atoms with E-state index in [1.165, 1.54) is 80.9 Å². The van der Waals surface area contributed by atoms with E-state index in [2.05, 4.69) is 67.4 Å². The van der Waals surface area contributed by atoms with E-state index in [1.54, 1.807) is 0 Å². The molecule has 0 aliphatic heterocycles. The van der Waals surface area contributed by atoms with Gasteiger partial charge >= 0.3 is 0 Å².